The first-order valence-electron chi connectivity index (χ1n) is 14.5. The molecule has 226 valence electrons. The molecular formula is C33H48N2O5S. The first-order valence-corrected chi connectivity index (χ1v) is 15.9. The molecule has 0 heterocycles. The lowest BCUT2D eigenvalue weighted by Gasteiger charge is -2.32. The zero-order valence-electron chi connectivity index (χ0n) is 25.9. The van der Waals surface area contributed by atoms with Gasteiger partial charge in [0.2, 0.25) is 5.91 Å². The monoisotopic (exact) mass is 584 g/mol. The van der Waals surface area contributed by atoms with Crippen LogP contribution in [0.5, 0.6) is 0 Å². The SMILES string of the molecule is CC[C@H](C)CN(NC(=O)[C@H](CC(C)C)[C@H](C/C=C/c1ccccc1)C(=O)OC(C)(C)C)S(=O)(=O)c1ccc(C)cc1. The number of allylic oxidation sites excluding steroid dienone is 1. The summed E-state index contributed by atoms with van der Waals surface area (Å²) in [6.07, 6.45) is 5.18. The van der Waals surface area contributed by atoms with E-state index < -0.39 is 39.3 Å². The topological polar surface area (TPSA) is 92.8 Å². The molecule has 8 heteroatoms. The van der Waals surface area contributed by atoms with Crippen molar-refractivity contribution in [2.24, 2.45) is 23.7 Å². The van der Waals surface area contributed by atoms with Crippen LogP contribution in [0.4, 0.5) is 0 Å². The van der Waals surface area contributed by atoms with Crippen molar-refractivity contribution >= 4 is 28.0 Å². The molecule has 0 spiro atoms. The van der Waals surface area contributed by atoms with Gasteiger partial charge in [-0.1, -0.05) is 94.3 Å². The maximum Gasteiger partial charge on any atom is 0.310 e. The zero-order valence-corrected chi connectivity index (χ0v) is 26.7. The van der Waals surface area contributed by atoms with E-state index in [0.717, 1.165) is 22.0 Å². The number of nitrogens with zero attached hydrogens (tertiary/aromatic N) is 1. The Morgan fingerprint density at radius 3 is 2.12 bits per heavy atom. The molecule has 1 amide bonds. The Morgan fingerprint density at radius 1 is 0.976 bits per heavy atom. The number of benzene rings is 2. The predicted molar refractivity (Wildman–Crippen MR) is 165 cm³/mol. The molecule has 0 bridgehead atoms. The highest BCUT2D eigenvalue weighted by Crippen LogP contribution is 2.29. The van der Waals surface area contributed by atoms with Gasteiger partial charge in [-0.2, -0.15) is 0 Å². The molecule has 0 radical (unpaired) electrons. The standard InChI is InChI=1S/C33H48N2O5S/c1-9-25(4)23-35(41(38,39)28-20-18-26(5)19-21-28)34-31(36)30(22-24(2)3)29(32(37)40-33(6,7)8)17-13-16-27-14-11-10-12-15-27/h10-16,18-21,24-25,29-30H,9,17,22-23H2,1-8H3,(H,34,36)/b16-13+/t25-,29-,30+/m0/s1. The van der Waals surface area contributed by atoms with Crippen LogP contribution in [0.2, 0.25) is 0 Å². The van der Waals surface area contributed by atoms with Gasteiger partial charge in [0.15, 0.2) is 0 Å². The molecule has 0 aliphatic heterocycles. The first kappa shape index (κ1) is 34.2. The Labute approximate surface area is 247 Å². The lowest BCUT2D eigenvalue weighted by Crippen LogP contribution is -2.51. The number of carbonyl (C=O) groups is 2. The van der Waals surface area contributed by atoms with Gasteiger partial charge in [0.1, 0.15) is 5.60 Å². The summed E-state index contributed by atoms with van der Waals surface area (Å²) in [5.41, 5.74) is 3.89. The summed E-state index contributed by atoms with van der Waals surface area (Å²) in [4.78, 5) is 27.6. The predicted octanol–water partition coefficient (Wildman–Crippen LogP) is 6.79. The van der Waals surface area contributed by atoms with E-state index in [-0.39, 0.29) is 29.7 Å². The fourth-order valence-electron chi connectivity index (χ4n) is 4.34. The molecule has 2 rings (SSSR count). The second-order valence-corrected chi connectivity index (χ2v) is 14.1. The van der Waals surface area contributed by atoms with Crippen LogP contribution < -0.4 is 5.43 Å². The van der Waals surface area contributed by atoms with Gasteiger partial charge in [-0.15, -0.1) is 4.41 Å². The van der Waals surface area contributed by atoms with Crippen LogP contribution in [0.25, 0.3) is 6.08 Å². The van der Waals surface area contributed by atoms with E-state index in [9.17, 15) is 18.0 Å². The van der Waals surface area contributed by atoms with Gasteiger partial charge in [0.25, 0.3) is 10.0 Å². The summed E-state index contributed by atoms with van der Waals surface area (Å²) in [7, 11) is -4.04. The van der Waals surface area contributed by atoms with Crippen molar-refractivity contribution in [1.29, 1.82) is 0 Å². The Balaban J connectivity index is 2.47. The third kappa shape index (κ3) is 11.1. The van der Waals surface area contributed by atoms with Crippen molar-refractivity contribution < 1.29 is 22.7 Å². The van der Waals surface area contributed by atoms with Crippen LogP contribution in [0.1, 0.15) is 78.9 Å². The summed E-state index contributed by atoms with van der Waals surface area (Å²) in [6.45, 7) is 15.2. The Morgan fingerprint density at radius 2 is 1.59 bits per heavy atom. The van der Waals surface area contributed by atoms with Gasteiger partial charge in [-0.25, -0.2) is 8.42 Å². The molecule has 0 aromatic heterocycles. The number of esters is 1. The fourth-order valence-corrected chi connectivity index (χ4v) is 5.73. The minimum atomic E-state index is -4.04. The second kappa shape index (κ2) is 15.3. The molecule has 41 heavy (non-hydrogen) atoms. The number of aryl methyl sites for hydroxylation is 1. The van der Waals surface area contributed by atoms with Crippen molar-refractivity contribution in [2.75, 3.05) is 6.54 Å². The van der Waals surface area contributed by atoms with Gasteiger partial charge in [0.05, 0.1) is 16.7 Å². The van der Waals surface area contributed by atoms with Crippen molar-refractivity contribution in [3.05, 3.63) is 71.8 Å². The average molecular weight is 585 g/mol. The van der Waals surface area contributed by atoms with Gasteiger partial charge in [0, 0.05) is 6.54 Å². The number of hydrazine groups is 1. The number of nitrogens with one attached hydrogen (secondary N) is 1. The molecule has 0 unspecified atom stereocenters. The van der Waals surface area contributed by atoms with E-state index in [4.69, 9.17) is 4.74 Å². The fraction of sp³-hybridized carbons (Fsp3) is 0.515. The molecule has 3 atom stereocenters. The van der Waals surface area contributed by atoms with E-state index >= 15 is 0 Å². The number of amides is 1. The summed E-state index contributed by atoms with van der Waals surface area (Å²) < 4.78 is 34.2. The molecule has 0 aliphatic rings. The summed E-state index contributed by atoms with van der Waals surface area (Å²) in [6, 6.07) is 16.3. The quantitative estimate of drug-likeness (QED) is 0.195. The van der Waals surface area contributed by atoms with E-state index in [1.54, 1.807) is 45.0 Å². The van der Waals surface area contributed by atoms with Gasteiger partial charge in [-0.3, -0.25) is 15.0 Å². The summed E-state index contributed by atoms with van der Waals surface area (Å²) in [5, 5.41) is 0. The molecule has 0 aliphatic carbocycles. The number of hydrogen-bond donors (Lipinski definition) is 1. The van der Waals surface area contributed by atoms with Crippen molar-refractivity contribution in [1.82, 2.24) is 9.84 Å². The number of carbonyl (C=O) groups excluding carboxylic acids is 2. The summed E-state index contributed by atoms with van der Waals surface area (Å²) in [5.74, 6) is -2.53. The van der Waals surface area contributed by atoms with Crippen LogP contribution in [0.3, 0.4) is 0 Å². The molecule has 2 aromatic rings. The first-order chi connectivity index (χ1) is 19.1. The van der Waals surface area contributed by atoms with Crippen molar-refractivity contribution in [3.8, 4) is 0 Å². The maximum absolute atomic E-state index is 14.0. The number of hydrogen-bond acceptors (Lipinski definition) is 5. The zero-order chi connectivity index (χ0) is 30.8. The van der Waals surface area contributed by atoms with Crippen LogP contribution >= 0.6 is 0 Å². The Hall–Kier alpha value is -2.97. The van der Waals surface area contributed by atoms with Gasteiger partial charge in [-0.05, 0) is 70.1 Å². The van der Waals surface area contributed by atoms with Crippen LogP contribution in [0.15, 0.2) is 65.6 Å². The normalized spacial score (nSPS) is 14.7. The Kier molecular flexibility index (Phi) is 12.8. The van der Waals surface area contributed by atoms with E-state index in [1.807, 2.05) is 77.1 Å². The summed E-state index contributed by atoms with van der Waals surface area (Å²) >= 11 is 0. The lowest BCUT2D eigenvalue weighted by atomic mass is 9.82. The molecule has 7 nitrogen and oxygen atoms in total. The number of ether oxygens (including phenoxy) is 1. The maximum atomic E-state index is 14.0. The minimum Gasteiger partial charge on any atom is -0.460 e. The van der Waals surface area contributed by atoms with Crippen molar-refractivity contribution in [2.45, 2.75) is 85.1 Å². The molecule has 0 saturated carbocycles. The van der Waals surface area contributed by atoms with Gasteiger partial charge >= 0.3 is 5.97 Å². The highest BCUT2D eigenvalue weighted by molar-refractivity contribution is 7.89. The van der Waals surface area contributed by atoms with Crippen LogP contribution in [-0.4, -0.2) is 36.9 Å². The van der Waals surface area contributed by atoms with Crippen molar-refractivity contribution in [3.63, 3.8) is 0 Å². The molecule has 1 N–H and O–H groups in total. The van der Waals surface area contributed by atoms with Crippen LogP contribution in [0, 0.1) is 30.6 Å². The third-order valence-electron chi connectivity index (χ3n) is 6.78. The smallest absolute Gasteiger partial charge is 0.310 e. The van der Waals surface area contributed by atoms with E-state index in [1.165, 1.54) is 0 Å². The molecule has 2 aromatic carbocycles. The highest BCUT2D eigenvalue weighted by atomic mass is 32.2. The van der Waals surface area contributed by atoms with Gasteiger partial charge < -0.3 is 4.74 Å². The average Bonchev–Trinajstić information content (AvgIpc) is 2.89. The molecule has 0 saturated heterocycles. The Bertz CT molecular complexity index is 1250. The largest absolute Gasteiger partial charge is 0.460 e. The third-order valence-corrected chi connectivity index (χ3v) is 8.46. The molecular weight excluding hydrogens is 536 g/mol. The lowest BCUT2D eigenvalue weighted by molar-refractivity contribution is -0.164. The highest BCUT2D eigenvalue weighted by Gasteiger charge is 2.38. The second-order valence-electron chi connectivity index (χ2n) is 12.3. The number of rotatable bonds is 14. The van der Waals surface area contributed by atoms with E-state index in [0.29, 0.717) is 6.42 Å². The number of sulfonamides is 1. The van der Waals surface area contributed by atoms with Crippen LogP contribution in [-0.2, 0) is 24.3 Å². The molecule has 0 fully saturated rings. The van der Waals surface area contributed by atoms with E-state index in [2.05, 4.69) is 5.43 Å². The minimum absolute atomic E-state index is 0.00506.